The van der Waals surface area contributed by atoms with E-state index in [9.17, 15) is 0 Å². The van der Waals surface area contributed by atoms with Crippen molar-refractivity contribution in [3.8, 4) is 0 Å². The summed E-state index contributed by atoms with van der Waals surface area (Å²) in [6, 6.07) is 0. The van der Waals surface area contributed by atoms with Gasteiger partial charge in [-0.05, 0) is 6.92 Å². The molecule has 2 aromatic rings. The Bertz CT molecular complexity index is 481. The zero-order valence-corrected chi connectivity index (χ0v) is 11.4. The van der Waals surface area contributed by atoms with Gasteiger partial charge in [0.05, 0.1) is 19.7 Å². The van der Waals surface area contributed by atoms with Gasteiger partial charge in [0.15, 0.2) is 5.82 Å². The number of nitrogens with one attached hydrogen (secondary N) is 1. The van der Waals surface area contributed by atoms with Crippen molar-refractivity contribution in [2.75, 3.05) is 20.3 Å². The van der Waals surface area contributed by atoms with Crippen LogP contribution < -0.4 is 5.32 Å². The third-order valence-corrected chi connectivity index (χ3v) is 3.27. The van der Waals surface area contributed by atoms with Crippen molar-refractivity contribution >= 4 is 11.3 Å². The summed E-state index contributed by atoms with van der Waals surface area (Å²) in [4.78, 5) is 8.64. The van der Waals surface area contributed by atoms with Crippen molar-refractivity contribution in [3.63, 3.8) is 0 Å². The maximum Gasteiger partial charge on any atom is 0.164 e. The highest BCUT2D eigenvalue weighted by atomic mass is 32.1. The molecule has 6 nitrogen and oxygen atoms in total. The van der Waals surface area contributed by atoms with E-state index in [0.717, 1.165) is 23.1 Å². The van der Waals surface area contributed by atoms with Crippen LogP contribution >= 0.6 is 11.3 Å². The zero-order chi connectivity index (χ0) is 12.8. The minimum Gasteiger partial charge on any atom is -0.383 e. The van der Waals surface area contributed by atoms with E-state index in [1.807, 2.05) is 17.0 Å². The molecule has 0 atom stereocenters. The van der Waals surface area contributed by atoms with Gasteiger partial charge in [0.1, 0.15) is 11.3 Å². The molecule has 0 aliphatic carbocycles. The molecule has 0 aliphatic rings. The van der Waals surface area contributed by atoms with Crippen molar-refractivity contribution in [1.82, 2.24) is 25.1 Å². The Labute approximate surface area is 110 Å². The lowest BCUT2D eigenvalue weighted by Gasteiger charge is -2.00. The summed E-state index contributed by atoms with van der Waals surface area (Å²) in [6.07, 6.45) is 1.74. The van der Waals surface area contributed by atoms with Gasteiger partial charge in [-0.3, -0.25) is 0 Å². The van der Waals surface area contributed by atoms with Crippen LogP contribution in [0.25, 0.3) is 0 Å². The summed E-state index contributed by atoms with van der Waals surface area (Å²) in [6.45, 7) is 4.83. The van der Waals surface area contributed by atoms with Gasteiger partial charge in [-0.15, -0.1) is 11.3 Å². The maximum absolute atomic E-state index is 4.95. The van der Waals surface area contributed by atoms with Crippen LogP contribution in [0.2, 0.25) is 0 Å². The minimum absolute atomic E-state index is 0.660. The second-order valence-corrected chi connectivity index (χ2v) is 4.85. The molecule has 0 spiro atoms. The Morgan fingerprint density at radius 2 is 2.39 bits per heavy atom. The van der Waals surface area contributed by atoms with Gasteiger partial charge < -0.3 is 10.1 Å². The van der Waals surface area contributed by atoms with Crippen LogP contribution in [0.5, 0.6) is 0 Å². The van der Waals surface area contributed by atoms with Crippen molar-refractivity contribution < 1.29 is 4.74 Å². The van der Waals surface area contributed by atoms with Crippen LogP contribution in [-0.4, -0.2) is 40.0 Å². The van der Waals surface area contributed by atoms with E-state index in [4.69, 9.17) is 4.74 Å². The third kappa shape index (κ3) is 3.86. The van der Waals surface area contributed by atoms with E-state index >= 15 is 0 Å². The van der Waals surface area contributed by atoms with E-state index in [2.05, 4.69) is 20.4 Å². The molecule has 0 fully saturated rings. The number of aromatic nitrogens is 4. The lowest BCUT2D eigenvalue weighted by molar-refractivity contribution is 0.199. The van der Waals surface area contributed by atoms with Crippen LogP contribution in [0.1, 0.15) is 16.5 Å². The highest BCUT2D eigenvalue weighted by molar-refractivity contribution is 7.09. The molecule has 2 aromatic heterocycles. The quantitative estimate of drug-likeness (QED) is 0.753. The molecule has 0 aliphatic heterocycles. The summed E-state index contributed by atoms with van der Waals surface area (Å²) in [5.74, 6) is 0.791. The van der Waals surface area contributed by atoms with Crippen molar-refractivity contribution in [2.45, 2.75) is 20.0 Å². The fourth-order valence-electron chi connectivity index (χ4n) is 1.48. The molecule has 0 saturated heterocycles. The molecule has 2 heterocycles. The number of methoxy groups -OCH3 is 1. The molecular formula is C11H17N5OS. The first kappa shape index (κ1) is 13.1. The predicted molar refractivity (Wildman–Crippen MR) is 69.6 cm³/mol. The topological polar surface area (TPSA) is 64.9 Å². The average Bonchev–Trinajstić information content (AvgIpc) is 2.95. The molecule has 0 radical (unpaired) electrons. The molecule has 1 N–H and O–H groups in total. The average molecular weight is 267 g/mol. The van der Waals surface area contributed by atoms with Gasteiger partial charge in [0.25, 0.3) is 0 Å². The summed E-state index contributed by atoms with van der Waals surface area (Å²) >= 11 is 1.65. The van der Waals surface area contributed by atoms with Crippen LogP contribution in [-0.2, 0) is 17.8 Å². The van der Waals surface area contributed by atoms with E-state index in [-0.39, 0.29) is 0 Å². The SMILES string of the molecule is COCCNCc1ncn(Cc2nc(C)cs2)n1. The number of rotatable bonds is 7. The molecule has 0 unspecified atom stereocenters. The Morgan fingerprint density at radius 3 is 3.11 bits per heavy atom. The zero-order valence-electron chi connectivity index (χ0n) is 10.6. The van der Waals surface area contributed by atoms with Crippen LogP contribution in [0.15, 0.2) is 11.7 Å². The number of thiazole rings is 1. The van der Waals surface area contributed by atoms with Crippen molar-refractivity contribution in [2.24, 2.45) is 0 Å². The molecule has 98 valence electrons. The van der Waals surface area contributed by atoms with E-state index in [1.165, 1.54) is 0 Å². The van der Waals surface area contributed by atoms with Gasteiger partial charge in [0, 0.05) is 24.7 Å². The molecule has 0 bridgehead atoms. The smallest absolute Gasteiger partial charge is 0.164 e. The van der Waals surface area contributed by atoms with Crippen LogP contribution in [0.3, 0.4) is 0 Å². The second kappa shape index (κ2) is 6.58. The molecule has 7 heteroatoms. The van der Waals surface area contributed by atoms with Crippen LogP contribution in [0.4, 0.5) is 0 Å². The van der Waals surface area contributed by atoms with Gasteiger partial charge in [0.2, 0.25) is 0 Å². The minimum atomic E-state index is 0.660. The molecule has 18 heavy (non-hydrogen) atoms. The van der Waals surface area contributed by atoms with Gasteiger partial charge >= 0.3 is 0 Å². The Kier molecular flexibility index (Phi) is 4.80. The number of ether oxygens (including phenoxy) is 1. The molecule has 0 saturated carbocycles. The van der Waals surface area contributed by atoms with E-state index < -0.39 is 0 Å². The second-order valence-electron chi connectivity index (χ2n) is 3.91. The highest BCUT2D eigenvalue weighted by Crippen LogP contribution is 2.09. The highest BCUT2D eigenvalue weighted by Gasteiger charge is 2.03. The number of hydrogen-bond donors (Lipinski definition) is 1. The van der Waals surface area contributed by atoms with E-state index in [1.54, 1.807) is 24.8 Å². The maximum atomic E-state index is 4.95. The first-order chi connectivity index (χ1) is 8.78. The van der Waals surface area contributed by atoms with Crippen molar-refractivity contribution in [1.29, 1.82) is 0 Å². The van der Waals surface area contributed by atoms with Gasteiger partial charge in [-0.25, -0.2) is 14.6 Å². The Balaban J connectivity index is 1.82. The summed E-state index contributed by atoms with van der Waals surface area (Å²) < 4.78 is 6.76. The summed E-state index contributed by atoms with van der Waals surface area (Å²) in [7, 11) is 1.69. The Hall–Kier alpha value is -1.31. The van der Waals surface area contributed by atoms with Gasteiger partial charge in [-0.2, -0.15) is 5.10 Å². The van der Waals surface area contributed by atoms with Gasteiger partial charge in [-0.1, -0.05) is 0 Å². The first-order valence-electron chi connectivity index (χ1n) is 5.77. The lowest BCUT2D eigenvalue weighted by Crippen LogP contribution is -2.19. The van der Waals surface area contributed by atoms with Crippen LogP contribution in [0, 0.1) is 6.92 Å². The molecule has 0 aromatic carbocycles. The van der Waals surface area contributed by atoms with E-state index in [0.29, 0.717) is 19.7 Å². The molecule has 2 rings (SSSR count). The number of aryl methyl sites for hydroxylation is 1. The number of nitrogens with zero attached hydrogens (tertiary/aromatic N) is 4. The largest absolute Gasteiger partial charge is 0.383 e. The fraction of sp³-hybridized carbons (Fsp3) is 0.545. The van der Waals surface area contributed by atoms with Crippen molar-refractivity contribution in [3.05, 3.63) is 28.2 Å². The Morgan fingerprint density at radius 1 is 1.50 bits per heavy atom. The molecular weight excluding hydrogens is 250 g/mol. The monoisotopic (exact) mass is 267 g/mol. The first-order valence-corrected chi connectivity index (χ1v) is 6.65. The fourth-order valence-corrected chi connectivity index (χ4v) is 2.24. The normalized spacial score (nSPS) is 11.0. The molecule has 0 amide bonds. The lowest BCUT2D eigenvalue weighted by atomic mass is 10.5. The number of hydrogen-bond acceptors (Lipinski definition) is 6. The summed E-state index contributed by atoms with van der Waals surface area (Å²) in [5, 5.41) is 10.7. The third-order valence-electron chi connectivity index (χ3n) is 2.31. The standard InChI is InChI=1S/C11H17N5OS/c1-9-7-18-11(14-9)6-16-8-13-10(15-16)5-12-3-4-17-2/h7-8,12H,3-6H2,1-2H3. The summed E-state index contributed by atoms with van der Waals surface area (Å²) in [5.41, 5.74) is 1.05. The predicted octanol–water partition coefficient (Wildman–Crippen LogP) is 0.827.